The molecule has 21 aromatic rings. The molecule has 0 aliphatic heterocycles. The van der Waals surface area contributed by atoms with Crippen LogP contribution in [-0.2, 0) is 7.05 Å². The van der Waals surface area contributed by atoms with E-state index in [1.807, 2.05) is 188 Å². The minimum absolute atomic E-state index is 0.0152. The zero-order chi connectivity index (χ0) is 79.3. The molecule has 11 aromatic heterocycles. The second-order valence-electron chi connectivity index (χ2n) is 27.7. The Morgan fingerprint density at radius 1 is 0.483 bits per heavy atom. The fraction of sp³-hybridized carbons (Fsp3) is 0.0638. The third kappa shape index (κ3) is 14.7. The molecule has 560 valence electrons. The topological polar surface area (TPSA) is 236 Å². The molecule has 0 radical (unpaired) electrons. The fourth-order valence-corrected chi connectivity index (χ4v) is 15.1. The van der Waals surface area contributed by atoms with Crippen LogP contribution >= 0.6 is 11.3 Å². The highest BCUT2D eigenvalue weighted by Gasteiger charge is 2.25. The predicted molar refractivity (Wildman–Crippen MR) is 459 cm³/mol. The van der Waals surface area contributed by atoms with Gasteiger partial charge in [0.05, 0.1) is 61.7 Å². The summed E-state index contributed by atoms with van der Waals surface area (Å²) >= 11 is 1.71. The summed E-state index contributed by atoms with van der Waals surface area (Å²) in [4.78, 5) is 29.0. The van der Waals surface area contributed by atoms with Crippen LogP contribution in [-0.4, -0.2) is 93.8 Å². The molecule has 116 heavy (non-hydrogen) atoms. The zero-order valence-corrected chi connectivity index (χ0v) is 64.7. The van der Waals surface area contributed by atoms with E-state index in [0.717, 1.165) is 146 Å². The van der Waals surface area contributed by atoms with Gasteiger partial charge in [-0.15, -0.1) is 31.7 Å². The van der Waals surface area contributed by atoms with Crippen LogP contribution in [0.25, 0.3) is 150 Å². The van der Waals surface area contributed by atoms with Gasteiger partial charge in [-0.1, -0.05) is 267 Å². The van der Waals surface area contributed by atoms with Gasteiger partial charge >= 0.3 is 0 Å². The highest BCUT2D eigenvalue weighted by atomic mass is 32.1. The number of imidazole rings is 3. The lowest BCUT2D eigenvalue weighted by molar-refractivity contribution is 0.101. The molecule has 11 heterocycles. The Hall–Kier alpha value is -15.8. The van der Waals surface area contributed by atoms with Gasteiger partial charge in [-0.25, -0.2) is 33.6 Å². The average Bonchev–Trinajstić information content (AvgIpc) is 1.58. The van der Waals surface area contributed by atoms with Crippen LogP contribution < -0.4 is 5.22 Å². The number of ketones is 1. The van der Waals surface area contributed by atoms with Crippen LogP contribution in [0, 0.1) is 45.6 Å². The van der Waals surface area contributed by atoms with Gasteiger partial charge in [0.2, 0.25) is 5.65 Å². The van der Waals surface area contributed by atoms with Gasteiger partial charge < -0.3 is 9.41 Å². The number of hydrogen-bond acceptors (Lipinski definition) is 12. The summed E-state index contributed by atoms with van der Waals surface area (Å²) in [6.07, 6.45) is 2.12. The molecule has 0 saturated heterocycles. The van der Waals surface area contributed by atoms with Crippen molar-refractivity contribution in [3.05, 3.63) is 360 Å². The van der Waals surface area contributed by atoms with Crippen molar-refractivity contribution in [2.24, 2.45) is 7.05 Å². The van der Waals surface area contributed by atoms with E-state index < -0.39 is 0 Å². The number of nitrogens with one attached hydrogen (secondary N) is 3. The Morgan fingerprint density at radius 2 is 1.03 bits per heavy atom. The van der Waals surface area contributed by atoms with Crippen LogP contribution in [0.15, 0.2) is 303 Å². The third-order valence-electron chi connectivity index (χ3n) is 19.8. The van der Waals surface area contributed by atoms with Gasteiger partial charge in [-0.2, -0.15) is 24.5 Å². The Kier molecular flexibility index (Phi) is 20.1. The maximum absolute atomic E-state index is 11.6. The number of carbonyl (C=O) groups excluding carboxylic acids is 1. The number of Topliss-reactive ketones (excluding diaryl/α,β-unsaturated/α-hetero) is 1. The molecule has 21 rings (SSSR count). The molecule has 0 aliphatic rings. The normalized spacial score (nSPS) is 11.3. The standard InChI is InChI=1S/C26H20N4S.C23H16N4.C17H14N4.C14H9N5.C14H13N3O/c1-17-12-14-19(15-13-17)24-25(26-27-20-10-6-7-11-22(20)31-26)30-23(29(24)2)16-21(28-30)18-8-4-3-5-9-18;1-4-10-17(11-5-1)16-20-21(18-12-6-2-7-13-18)26-27-22(24-25-23(20)27)19-14-8-3-9-15-19;1-12-18-19-17-11-16(20-21(12)17)15-9-7-14(8-10-15)13-5-3-2-4-6-13;1-9-7-12-17-13(14(16-2)19(12)18-9)11-5-3-10(8-15)4-6-11;1-9-14(10(2)18)17-13(15-9)8-12(16-17)11-6-4-3-5-7-11/h3-16H,1-2H3;1-16H;2-11,20H,1H3;3-7,18H,1H3;3-8,16H,1-2H3/b;20-16-;;;. The van der Waals surface area contributed by atoms with Crippen LogP contribution in [0.2, 0.25) is 0 Å². The number of rotatable bonds is 11. The van der Waals surface area contributed by atoms with Crippen molar-refractivity contribution in [2.75, 3.05) is 0 Å². The summed E-state index contributed by atoms with van der Waals surface area (Å²) in [7, 11) is 2.11. The molecule has 22 heteroatoms. The second kappa shape index (κ2) is 31.9. The van der Waals surface area contributed by atoms with Gasteiger partial charge in [-0.05, 0) is 91.4 Å². The summed E-state index contributed by atoms with van der Waals surface area (Å²) in [6, 6.07) is 104. The molecule has 0 amide bonds. The Labute approximate surface area is 669 Å². The number of aromatic amines is 3. The van der Waals surface area contributed by atoms with Crippen molar-refractivity contribution >= 4 is 67.5 Å². The van der Waals surface area contributed by atoms with Crippen LogP contribution in [0.4, 0.5) is 5.82 Å². The van der Waals surface area contributed by atoms with E-state index in [-0.39, 0.29) is 5.78 Å². The van der Waals surface area contributed by atoms with E-state index in [1.54, 1.807) is 39.4 Å². The number of benzene rings is 10. The molecule has 0 atom stereocenters. The summed E-state index contributed by atoms with van der Waals surface area (Å²) in [5.41, 5.74) is 26.9. The van der Waals surface area contributed by atoms with E-state index in [4.69, 9.17) is 27.0 Å². The maximum Gasteiger partial charge on any atom is 0.281 e. The van der Waals surface area contributed by atoms with Crippen molar-refractivity contribution in [1.82, 2.24) is 88.0 Å². The van der Waals surface area contributed by atoms with Crippen molar-refractivity contribution in [1.29, 1.82) is 5.26 Å². The monoisotopic (exact) mass is 1530 g/mol. The van der Waals surface area contributed by atoms with E-state index >= 15 is 0 Å². The first kappa shape index (κ1) is 73.0. The second-order valence-corrected chi connectivity index (χ2v) is 28.7. The highest BCUT2D eigenvalue weighted by Crippen LogP contribution is 2.40. The van der Waals surface area contributed by atoms with Crippen LogP contribution in [0.1, 0.15) is 51.3 Å². The van der Waals surface area contributed by atoms with E-state index in [2.05, 4.69) is 219 Å². The van der Waals surface area contributed by atoms with Crippen LogP contribution in [0.3, 0.4) is 0 Å². The number of aryl methyl sites for hydroxylation is 5. The number of fused-ring (bicyclic) bond motifs is 6. The zero-order valence-electron chi connectivity index (χ0n) is 63.9. The molecule has 0 bridgehead atoms. The Morgan fingerprint density at radius 3 is 1.66 bits per heavy atom. The largest absolute Gasteiger partial charge is 0.360 e. The molecule has 21 nitrogen and oxygen atoms in total. The molecule has 10 aromatic carbocycles. The molecular weight excluding hydrogens is 1460 g/mol. The van der Waals surface area contributed by atoms with Gasteiger partial charge in [0.25, 0.3) is 5.82 Å². The van der Waals surface area contributed by atoms with E-state index in [0.29, 0.717) is 22.8 Å². The smallest absolute Gasteiger partial charge is 0.281 e. The summed E-state index contributed by atoms with van der Waals surface area (Å²) in [6.45, 7) is 16.7. The molecule has 0 saturated carbocycles. The predicted octanol–water partition coefficient (Wildman–Crippen LogP) is 20.2. The third-order valence-corrected chi connectivity index (χ3v) is 20.8. The minimum Gasteiger partial charge on any atom is -0.360 e. The Bertz CT molecular complexity index is 7180. The number of nitriles is 1. The summed E-state index contributed by atoms with van der Waals surface area (Å²) in [5.74, 6) is 2.07. The highest BCUT2D eigenvalue weighted by molar-refractivity contribution is 7.21. The first-order valence-corrected chi connectivity index (χ1v) is 38.3. The van der Waals surface area contributed by atoms with Crippen molar-refractivity contribution in [2.45, 2.75) is 34.6 Å². The number of hydrogen-bond donors (Lipinski definition) is 3. The summed E-state index contributed by atoms with van der Waals surface area (Å²) < 4.78 is 12.6. The van der Waals surface area contributed by atoms with Crippen LogP contribution in [0.5, 0.6) is 0 Å². The van der Waals surface area contributed by atoms with E-state index in [1.165, 1.54) is 21.4 Å². The number of aromatic nitrogens is 18. The first-order valence-electron chi connectivity index (χ1n) is 37.5. The SMILES string of the molecule is C(/c1ccccc1)=c1\c(-c2ccccc2)nn2c(-c3ccccc3)nnc12.CC(=O)c1c(C)nc2cc(-c3ccccc3)[nH]n12.Cc1ccc(-c2c(-c3nc4ccccc4s3)n3nc(-c4ccccc4)cc3n2C)cc1.Cc1nnc2cc(-c3ccc(-c4ccccc4)cc3)[nH]n12.[C-]#[N+]c1c(-c2ccc(C#N)cc2)nc2cc(C)[nH]n12. The van der Waals surface area contributed by atoms with Gasteiger partial charge in [0.15, 0.2) is 28.5 Å². The average molecular weight is 1530 g/mol. The summed E-state index contributed by atoms with van der Waals surface area (Å²) in [5, 5.41) is 47.2. The van der Waals surface area contributed by atoms with Crippen molar-refractivity contribution in [3.63, 3.8) is 0 Å². The first-order chi connectivity index (χ1) is 56.8. The fourth-order valence-electron chi connectivity index (χ4n) is 14.1. The minimum atomic E-state index is 0.0152. The number of para-hydroxylation sites is 1. The number of nitrogens with zero attached hydrogens (tertiary/aromatic N) is 17. The molecule has 0 fully saturated rings. The molecule has 0 aliphatic carbocycles. The van der Waals surface area contributed by atoms with Crippen molar-refractivity contribution < 1.29 is 4.79 Å². The quantitative estimate of drug-likeness (QED) is 0.0813. The molecule has 0 spiro atoms. The van der Waals surface area contributed by atoms with Crippen molar-refractivity contribution in [3.8, 4) is 107 Å². The van der Waals surface area contributed by atoms with Gasteiger partial charge in [-0.3, -0.25) is 15.0 Å². The molecular formula is C94H72N20OS. The van der Waals surface area contributed by atoms with E-state index in [9.17, 15) is 4.79 Å². The maximum atomic E-state index is 11.6. The number of H-pyrrole nitrogens is 3. The lowest BCUT2D eigenvalue weighted by atomic mass is 10.0. The number of carbonyl (C=O) groups is 1. The molecule has 0 unspecified atom stereocenters. The van der Waals surface area contributed by atoms with Gasteiger partial charge in [0.1, 0.15) is 33.6 Å². The molecule has 3 N–H and O–H groups in total. The number of thiazole rings is 1. The lowest BCUT2D eigenvalue weighted by Gasteiger charge is -2.07. The van der Waals surface area contributed by atoms with Gasteiger partial charge in [0, 0.05) is 65.7 Å². The Balaban J connectivity index is 0.000000106. The lowest BCUT2D eigenvalue weighted by Crippen LogP contribution is -2.03.